The first kappa shape index (κ1) is 27.8. The van der Waals surface area contributed by atoms with Crippen LogP contribution >= 0.6 is 0 Å². The van der Waals surface area contributed by atoms with E-state index in [0.29, 0.717) is 55.1 Å². The molecular weight excluding hydrogens is 499 g/mol. The lowest BCUT2D eigenvalue weighted by atomic mass is 9.96. The normalized spacial score (nSPS) is 13.6. The summed E-state index contributed by atoms with van der Waals surface area (Å²) in [5.41, 5.74) is 2.46. The predicted octanol–water partition coefficient (Wildman–Crippen LogP) is 5.03. The van der Waals surface area contributed by atoms with Crippen LogP contribution in [0.1, 0.15) is 41.3 Å². The van der Waals surface area contributed by atoms with Crippen molar-refractivity contribution >= 4 is 23.5 Å². The van der Waals surface area contributed by atoms with Crippen LogP contribution in [0.5, 0.6) is 5.75 Å². The zero-order chi connectivity index (χ0) is 27.8. The molecule has 0 bridgehead atoms. The third-order valence-electron chi connectivity index (χ3n) is 6.88. The lowest BCUT2D eigenvalue weighted by Crippen LogP contribution is -2.41. The molecule has 8 heteroatoms. The largest absolute Gasteiger partial charge is 0.496 e. The second kappa shape index (κ2) is 13.0. The van der Waals surface area contributed by atoms with Crippen molar-refractivity contribution in [3.8, 4) is 5.75 Å². The summed E-state index contributed by atoms with van der Waals surface area (Å²) in [5.74, 6) is -0.571. The monoisotopic (exact) mass is 532 g/mol. The number of ether oxygens (including phenoxy) is 2. The predicted molar refractivity (Wildman–Crippen MR) is 146 cm³/mol. The zero-order valence-corrected chi connectivity index (χ0v) is 22.3. The Kier molecular flexibility index (Phi) is 9.31. The summed E-state index contributed by atoms with van der Waals surface area (Å²) in [5, 5.41) is 0. The summed E-state index contributed by atoms with van der Waals surface area (Å²) in [7, 11) is 1.51. The van der Waals surface area contributed by atoms with E-state index in [9.17, 15) is 18.8 Å². The molecule has 1 fully saturated rings. The third kappa shape index (κ3) is 7.02. The lowest BCUT2D eigenvalue weighted by molar-refractivity contribution is -0.151. The van der Waals surface area contributed by atoms with E-state index < -0.39 is 0 Å². The quantitative estimate of drug-likeness (QED) is 0.362. The Balaban J connectivity index is 1.48. The number of esters is 1. The van der Waals surface area contributed by atoms with E-state index in [1.54, 1.807) is 65.3 Å². The highest BCUT2D eigenvalue weighted by Crippen LogP contribution is 2.26. The van der Waals surface area contributed by atoms with E-state index in [1.165, 1.54) is 19.2 Å². The van der Waals surface area contributed by atoms with E-state index in [-0.39, 0.29) is 42.5 Å². The molecule has 204 valence electrons. The molecule has 0 N–H and O–H groups in total. The molecule has 0 radical (unpaired) electrons. The summed E-state index contributed by atoms with van der Waals surface area (Å²) < 4.78 is 24.4. The maximum atomic E-state index is 13.9. The van der Waals surface area contributed by atoms with Gasteiger partial charge in [-0.15, -0.1) is 0 Å². The van der Waals surface area contributed by atoms with Crippen LogP contribution in [-0.4, -0.2) is 49.5 Å². The number of methoxy groups -OCH3 is 1. The topological polar surface area (TPSA) is 76.2 Å². The summed E-state index contributed by atoms with van der Waals surface area (Å²) in [6, 6.07) is 20.4. The van der Waals surface area contributed by atoms with Gasteiger partial charge < -0.3 is 19.3 Å². The van der Waals surface area contributed by atoms with Crippen LogP contribution in [0.4, 0.5) is 10.1 Å². The SMILES string of the molecule is CCOC(=O)C1CCN(C(=O)Cc2ccc(N(Cc3cccc(F)c3)C(=O)c3ccccc3OC)cc2)CC1. The second-order valence-corrected chi connectivity index (χ2v) is 9.47. The van der Waals surface area contributed by atoms with Crippen LogP contribution in [0.2, 0.25) is 0 Å². The van der Waals surface area contributed by atoms with Crippen LogP contribution in [0.15, 0.2) is 72.8 Å². The number of anilines is 1. The molecule has 0 unspecified atom stereocenters. The Bertz CT molecular complexity index is 1300. The lowest BCUT2D eigenvalue weighted by Gasteiger charge is -2.31. The average Bonchev–Trinajstić information content (AvgIpc) is 2.96. The van der Waals surface area contributed by atoms with Gasteiger partial charge in [0.1, 0.15) is 11.6 Å². The molecule has 0 aliphatic carbocycles. The van der Waals surface area contributed by atoms with Crippen molar-refractivity contribution in [3.63, 3.8) is 0 Å². The minimum Gasteiger partial charge on any atom is -0.496 e. The molecule has 1 saturated heterocycles. The minimum atomic E-state index is -0.377. The molecule has 3 aromatic rings. The summed E-state index contributed by atoms with van der Waals surface area (Å²) in [4.78, 5) is 41.9. The maximum Gasteiger partial charge on any atom is 0.309 e. The van der Waals surface area contributed by atoms with E-state index in [2.05, 4.69) is 0 Å². The van der Waals surface area contributed by atoms with E-state index in [1.807, 2.05) is 12.1 Å². The number of rotatable bonds is 9. The Morgan fingerprint density at radius 1 is 0.949 bits per heavy atom. The van der Waals surface area contributed by atoms with Gasteiger partial charge in [-0.05, 0) is 67.3 Å². The number of hydrogen-bond acceptors (Lipinski definition) is 5. The van der Waals surface area contributed by atoms with Gasteiger partial charge in [0.25, 0.3) is 5.91 Å². The minimum absolute atomic E-state index is 0.00762. The number of carbonyl (C=O) groups excluding carboxylic acids is 3. The van der Waals surface area contributed by atoms with Crippen LogP contribution in [-0.2, 0) is 27.3 Å². The van der Waals surface area contributed by atoms with Crippen molar-refractivity contribution < 1.29 is 28.2 Å². The molecule has 39 heavy (non-hydrogen) atoms. The number of halogens is 1. The molecule has 0 aromatic heterocycles. The average molecular weight is 533 g/mol. The van der Waals surface area contributed by atoms with Crippen LogP contribution in [0, 0.1) is 11.7 Å². The smallest absolute Gasteiger partial charge is 0.309 e. The van der Waals surface area contributed by atoms with Gasteiger partial charge in [0.15, 0.2) is 0 Å². The highest BCUT2D eigenvalue weighted by molar-refractivity contribution is 6.07. The molecule has 2 amide bonds. The van der Waals surface area contributed by atoms with Crippen molar-refractivity contribution in [3.05, 3.63) is 95.3 Å². The maximum absolute atomic E-state index is 13.9. The first-order chi connectivity index (χ1) is 18.9. The fourth-order valence-corrected chi connectivity index (χ4v) is 4.77. The van der Waals surface area contributed by atoms with E-state index in [0.717, 1.165) is 5.56 Å². The van der Waals surface area contributed by atoms with Gasteiger partial charge in [-0.25, -0.2) is 4.39 Å². The van der Waals surface area contributed by atoms with Crippen molar-refractivity contribution in [1.82, 2.24) is 4.90 Å². The Labute approximate surface area is 228 Å². The first-order valence-electron chi connectivity index (χ1n) is 13.1. The third-order valence-corrected chi connectivity index (χ3v) is 6.88. The number of piperidine rings is 1. The van der Waals surface area contributed by atoms with Crippen molar-refractivity contribution in [1.29, 1.82) is 0 Å². The van der Waals surface area contributed by atoms with Crippen LogP contribution in [0.25, 0.3) is 0 Å². The van der Waals surface area contributed by atoms with Crippen molar-refractivity contribution in [2.75, 3.05) is 31.7 Å². The molecule has 0 saturated carbocycles. The number of amides is 2. The van der Waals surface area contributed by atoms with Gasteiger partial charge in [0.05, 0.1) is 38.2 Å². The molecule has 4 rings (SSSR count). The van der Waals surface area contributed by atoms with Gasteiger partial charge in [0.2, 0.25) is 5.91 Å². The Morgan fingerprint density at radius 3 is 2.33 bits per heavy atom. The van der Waals surface area contributed by atoms with Gasteiger partial charge in [-0.2, -0.15) is 0 Å². The second-order valence-electron chi connectivity index (χ2n) is 9.47. The van der Waals surface area contributed by atoms with Gasteiger partial charge in [-0.3, -0.25) is 14.4 Å². The van der Waals surface area contributed by atoms with Gasteiger partial charge >= 0.3 is 5.97 Å². The number of likely N-dealkylation sites (tertiary alicyclic amines) is 1. The number of carbonyl (C=O) groups is 3. The highest BCUT2D eigenvalue weighted by atomic mass is 19.1. The molecule has 1 aliphatic heterocycles. The molecular formula is C31H33FN2O5. The fraction of sp³-hybridized carbons (Fsp3) is 0.323. The van der Waals surface area contributed by atoms with Crippen molar-refractivity contribution in [2.45, 2.75) is 32.7 Å². The summed E-state index contributed by atoms with van der Waals surface area (Å²) in [6.45, 7) is 3.35. The molecule has 3 aromatic carbocycles. The van der Waals surface area contributed by atoms with E-state index >= 15 is 0 Å². The first-order valence-corrected chi connectivity index (χ1v) is 13.1. The van der Waals surface area contributed by atoms with Gasteiger partial charge in [-0.1, -0.05) is 36.4 Å². The number of hydrogen-bond donors (Lipinski definition) is 0. The molecule has 7 nitrogen and oxygen atoms in total. The molecule has 0 atom stereocenters. The highest BCUT2D eigenvalue weighted by Gasteiger charge is 2.28. The fourth-order valence-electron chi connectivity index (χ4n) is 4.77. The number of nitrogens with zero attached hydrogens (tertiary/aromatic N) is 2. The number of benzene rings is 3. The Morgan fingerprint density at radius 2 is 1.67 bits per heavy atom. The van der Waals surface area contributed by atoms with Crippen LogP contribution in [0.3, 0.4) is 0 Å². The van der Waals surface area contributed by atoms with Crippen LogP contribution < -0.4 is 9.64 Å². The molecule has 0 spiro atoms. The molecule has 1 heterocycles. The summed E-state index contributed by atoms with van der Waals surface area (Å²) in [6.07, 6.45) is 1.42. The Hall–Kier alpha value is -4.20. The standard InChI is InChI=1S/C31H33FN2O5/c1-3-39-31(37)24-15-17-33(18-16-24)29(35)20-22-11-13-26(14-12-22)34(21-23-7-6-8-25(32)19-23)30(36)27-9-4-5-10-28(27)38-2/h4-14,19,24H,3,15-18,20-21H2,1-2H3. The number of para-hydroxylation sites is 1. The summed E-state index contributed by atoms with van der Waals surface area (Å²) >= 11 is 0. The van der Waals surface area contributed by atoms with Gasteiger partial charge in [0, 0.05) is 18.8 Å². The zero-order valence-electron chi connectivity index (χ0n) is 22.3. The molecule has 1 aliphatic rings. The van der Waals surface area contributed by atoms with E-state index in [4.69, 9.17) is 9.47 Å². The van der Waals surface area contributed by atoms with Crippen molar-refractivity contribution in [2.24, 2.45) is 5.92 Å².